The first-order valence-electron chi connectivity index (χ1n) is 9.05. The van der Waals surface area contributed by atoms with Crippen LogP contribution in [0.5, 0.6) is 5.75 Å². The van der Waals surface area contributed by atoms with E-state index in [4.69, 9.17) is 4.74 Å². The molecule has 1 aromatic heterocycles. The maximum absolute atomic E-state index is 12.8. The van der Waals surface area contributed by atoms with Crippen molar-refractivity contribution in [3.8, 4) is 5.75 Å². The molecule has 1 fully saturated rings. The second kappa shape index (κ2) is 7.96. The maximum Gasteiger partial charge on any atom is 0.295 e. The highest BCUT2D eigenvalue weighted by molar-refractivity contribution is 7.10. The minimum atomic E-state index is -0.638. The van der Waals surface area contributed by atoms with E-state index in [-0.39, 0.29) is 11.3 Å². The molecule has 5 nitrogen and oxygen atoms in total. The van der Waals surface area contributed by atoms with E-state index in [1.165, 1.54) is 11.3 Å². The van der Waals surface area contributed by atoms with Crippen LogP contribution in [0.4, 0.5) is 0 Å². The lowest BCUT2D eigenvalue weighted by atomic mass is 9.98. The first-order chi connectivity index (χ1) is 13.0. The molecule has 1 atom stereocenters. The summed E-state index contributed by atoms with van der Waals surface area (Å²) in [7, 11) is 0. The molecule has 2 aromatic rings. The van der Waals surface area contributed by atoms with E-state index < -0.39 is 17.7 Å². The molecule has 1 amide bonds. The zero-order chi connectivity index (χ0) is 19.6. The molecule has 1 unspecified atom stereocenters. The molecule has 1 saturated heterocycles. The molecular formula is C21H23NO4S. The quantitative estimate of drug-likeness (QED) is 0.458. The van der Waals surface area contributed by atoms with E-state index in [9.17, 15) is 14.7 Å². The zero-order valence-corrected chi connectivity index (χ0v) is 16.5. The number of ether oxygens (including phenoxy) is 1. The van der Waals surface area contributed by atoms with Crippen LogP contribution < -0.4 is 4.74 Å². The Morgan fingerprint density at radius 3 is 2.67 bits per heavy atom. The average molecular weight is 385 g/mol. The molecule has 0 bridgehead atoms. The first kappa shape index (κ1) is 19.2. The van der Waals surface area contributed by atoms with Crippen LogP contribution in [0, 0.1) is 6.92 Å². The predicted octanol–water partition coefficient (Wildman–Crippen LogP) is 4.29. The molecule has 1 aliphatic heterocycles. The number of amides is 1. The summed E-state index contributed by atoms with van der Waals surface area (Å²) >= 11 is 1.49. The number of thiophene rings is 1. The molecule has 1 aromatic carbocycles. The predicted molar refractivity (Wildman–Crippen MR) is 106 cm³/mol. The van der Waals surface area contributed by atoms with Crippen molar-refractivity contribution in [3.05, 3.63) is 57.3 Å². The Bertz CT molecular complexity index is 899. The Balaban J connectivity index is 2.16. The fourth-order valence-electron chi connectivity index (χ4n) is 3.34. The largest absolute Gasteiger partial charge is 0.507 e. The number of hydrogen-bond donors (Lipinski definition) is 1. The smallest absolute Gasteiger partial charge is 0.295 e. The van der Waals surface area contributed by atoms with Gasteiger partial charge in [-0.15, -0.1) is 11.3 Å². The third-order valence-electron chi connectivity index (χ3n) is 4.57. The number of likely N-dealkylation sites (tertiary alicyclic amines) is 1. The lowest BCUT2D eigenvalue weighted by Crippen LogP contribution is -2.30. The summed E-state index contributed by atoms with van der Waals surface area (Å²) in [4.78, 5) is 27.9. The van der Waals surface area contributed by atoms with Crippen LogP contribution in [0.3, 0.4) is 0 Å². The van der Waals surface area contributed by atoms with Gasteiger partial charge in [0.05, 0.1) is 18.2 Å². The second-order valence-electron chi connectivity index (χ2n) is 6.42. The van der Waals surface area contributed by atoms with Crippen molar-refractivity contribution < 1.29 is 19.4 Å². The third-order valence-corrected chi connectivity index (χ3v) is 5.64. The van der Waals surface area contributed by atoms with Crippen molar-refractivity contribution in [2.24, 2.45) is 0 Å². The number of Topliss-reactive ketones (excluding diaryl/α,β-unsaturated/α-hetero) is 1. The van der Waals surface area contributed by atoms with E-state index in [1.54, 1.807) is 29.2 Å². The zero-order valence-electron chi connectivity index (χ0n) is 15.7. The van der Waals surface area contributed by atoms with E-state index in [1.807, 2.05) is 32.2 Å². The molecule has 0 radical (unpaired) electrons. The Morgan fingerprint density at radius 2 is 2.04 bits per heavy atom. The van der Waals surface area contributed by atoms with Crippen LogP contribution in [-0.4, -0.2) is 34.8 Å². The fourth-order valence-corrected chi connectivity index (χ4v) is 4.39. The summed E-state index contributed by atoms with van der Waals surface area (Å²) in [5.41, 5.74) is 1.62. The Kier molecular flexibility index (Phi) is 5.65. The summed E-state index contributed by atoms with van der Waals surface area (Å²) in [6.45, 7) is 6.75. The van der Waals surface area contributed by atoms with Crippen molar-refractivity contribution >= 4 is 28.8 Å². The summed E-state index contributed by atoms with van der Waals surface area (Å²) in [5, 5.41) is 12.9. The molecule has 0 spiro atoms. The topological polar surface area (TPSA) is 66.8 Å². The van der Waals surface area contributed by atoms with Gasteiger partial charge in [0.1, 0.15) is 11.5 Å². The second-order valence-corrected chi connectivity index (χ2v) is 7.37. The first-order valence-corrected chi connectivity index (χ1v) is 9.93. The highest BCUT2D eigenvalue weighted by Crippen LogP contribution is 2.42. The summed E-state index contributed by atoms with van der Waals surface area (Å²) < 4.78 is 5.49. The van der Waals surface area contributed by atoms with Gasteiger partial charge < -0.3 is 14.7 Å². The van der Waals surface area contributed by atoms with Gasteiger partial charge in [-0.25, -0.2) is 0 Å². The van der Waals surface area contributed by atoms with E-state index in [2.05, 4.69) is 0 Å². The minimum Gasteiger partial charge on any atom is -0.507 e. The number of aliphatic hydroxyl groups excluding tert-OH is 1. The molecule has 1 N–H and O–H groups in total. The number of rotatable bonds is 6. The molecule has 6 heteroatoms. The molecule has 2 heterocycles. The van der Waals surface area contributed by atoms with E-state index in [0.717, 1.165) is 16.9 Å². The summed E-state index contributed by atoms with van der Waals surface area (Å²) in [6, 6.07) is 8.35. The summed E-state index contributed by atoms with van der Waals surface area (Å²) in [5.74, 6) is -0.753. The fraction of sp³-hybridized carbons (Fsp3) is 0.333. The van der Waals surface area contributed by atoms with Crippen molar-refractivity contribution in [1.82, 2.24) is 4.90 Å². The molecule has 0 saturated carbocycles. The standard InChI is InChI=1S/C21H23NO4S/c1-4-10-22-17(20-13(3)9-11-27-20)16(19(24)21(22)25)18(23)14-7-6-8-15(12-14)26-5-2/h6-9,11-12,17,23H,4-5,10H2,1-3H3/b18-16-. The molecular weight excluding hydrogens is 362 g/mol. The van der Waals surface area contributed by atoms with Crippen LogP contribution >= 0.6 is 11.3 Å². The monoisotopic (exact) mass is 385 g/mol. The van der Waals surface area contributed by atoms with Crippen LogP contribution in [0.2, 0.25) is 0 Å². The minimum absolute atomic E-state index is 0.146. The molecule has 27 heavy (non-hydrogen) atoms. The number of benzene rings is 1. The van der Waals surface area contributed by atoms with Crippen molar-refractivity contribution in [2.75, 3.05) is 13.2 Å². The Labute approximate surface area is 162 Å². The Hall–Kier alpha value is -2.60. The number of carbonyl (C=O) groups is 2. The van der Waals surface area contributed by atoms with Crippen LogP contribution in [0.25, 0.3) is 5.76 Å². The number of aliphatic hydroxyl groups is 1. The van der Waals surface area contributed by atoms with Gasteiger partial charge in [0.2, 0.25) is 0 Å². The van der Waals surface area contributed by atoms with Crippen LogP contribution in [0.15, 0.2) is 41.3 Å². The van der Waals surface area contributed by atoms with Crippen molar-refractivity contribution in [2.45, 2.75) is 33.2 Å². The maximum atomic E-state index is 12.8. The SMILES string of the molecule is CCCN1C(=O)C(=O)/C(=C(\O)c2cccc(OCC)c2)C1c1sccc1C. The highest BCUT2D eigenvalue weighted by atomic mass is 32.1. The normalized spacial score (nSPS) is 18.9. The van der Waals surface area contributed by atoms with Gasteiger partial charge in [0, 0.05) is 17.0 Å². The van der Waals surface area contributed by atoms with Gasteiger partial charge in [0.25, 0.3) is 11.7 Å². The van der Waals surface area contributed by atoms with Crippen LogP contribution in [0.1, 0.15) is 42.3 Å². The molecule has 142 valence electrons. The third kappa shape index (κ3) is 3.49. The van der Waals surface area contributed by atoms with Gasteiger partial charge in [-0.1, -0.05) is 19.1 Å². The van der Waals surface area contributed by atoms with E-state index in [0.29, 0.717) is 24.5 Å². The van der Waals surface area contributed by atoms with Gasteiger partial charge in [-0.3, -0.25) is 9.59 Å². The number of carbonyl (C=O) groups excluding carboxylic acids is 2. The van der Waals surface area contributed by atoms with Crippen molar-refractivity contribution in [3.63, 3.8) is 0 Å². The lowest BCUT2D eigenvalue weighted by Gasteiger charge is -2.24. The van der Waals surface area contributed by atoms with Gasteiger partial charge in [-0.2, -0.15) is 0 Å². The van der Waals surface area contributed by atoms with Gasteiger partial charge in [-0.05, 0) is 49.4 Å². The Morgan fingerprint density at radius 1 is 1.26 bits per heavy atom. The van der Waals surface area contributed by atoms with Crippen LogP contribution in [-0.2, 0) is 9.59 Å². The number of ketones is 1. The van der Waals surface area contributed by atoms with E-state index >= 15 is 0 Å². The number of hydrogen-bond acceptors (Lipinski definition) is 5. The average Bonchev–Trinajstić information content (AvgIpc) is 3.18. The highest BCUT2D eigenvalue weighted by Gasteiger charge is 2.46. The number of aryl methyl sites for hydroxylation is 1. The van der Waals surface area contributed by atoms with Gasteiger partial charge >= 0.3 is 0 Å². The van der Waals surface area contributed by atoms with Gasteiger partial charge in [0.15, 0.2) is 0 Å². The molecule has 0 aliphatic carbocycles. The molecule has 3 rings (SSSR count). The number of nitrogens with zero attached hydrogens (tertiary/aromatic N) is 1. The summed E-state index contributed by atoms with van der Waals surface area (Å²) in [6.07, 6.45) is 0.730. The molecule has 1 aliphatic rings. The lowest BCUT2D eigenvalue weighted by molar-refractivity contribution is -0.139. The van der Waals surface area contributed by atoms with Crippen molar-refractivity contribution in [1.29, 1.82) is 0 Å².